The highest BCUT2D eigenvalue weighted by atomic mass is 16.3. The summed E-state index contributed by atoms with van der Waals surface area (Å²) in [6.07, 6.45) is 0. The molecule has 334 valence electrons. The maximum Gasteiger partial charge on any atom is 0.252 e. The lowest BCUT2D eigenvalue weighted by molar-refractivity contribution is 0.670. The number of hydrogen-bond acceptors (Lipinski definition) is 4. The van der Waals surface area contributed by atoms with Gasteiger partial charge in [-0.05, 0) is 74.5 Å². The van der Waals surface area contributed by atoms with Gasteiger partial charge in [-0.25, -0.2) is 0 Å². The minimum atomic E-state index is -0.218. The average molecular weight is 916 g/mol. The Labute approximate surface area is 418 Å². The van der Waals surface area contributed by atoms with E-state index < -0.39 is 0 Å². The molecule has 0 saturated heterocycles. The van der Waals surface area contributed by atoms with Gasteiger partial charge >= 0.3 is 0 Å². The van der Waals surface area contributed by atoms with Gasteiger partial charge in [0, 0.05) is 61.3 Å². The van der Waals surface area contributed by atoms with E-state index in [-0.39, 0.29) is 6.71 Å². The summed E-state index contributed by atoms with van der Waals surface area (Å²) in [6, 6.07) is 93.6. The van der Waals surface area contributed by atoms with Crippen molar-refractivity contribution in [2.45, 2.75) is 0 Å². The number of anilines is 6. The van der Waals surface area contributed by atoms with Gasteiger partial charge in [0.25, 0.3) is 6.71 Å². The summed E-state index contributed by atoms with van der Waals surface area (Å²) in [5, 5.41) is 13.5. The topological polar surface area (TPSA) is 43.4 Å². The molecule has 1 aromatic heterocycles. The van der Waals surface area contributed by atoms with Crippen molar-refractivity contribution in [3.63, 3.8) is 0 Å². The predicted molar refractivity (Wildman–Crippen MR) is 300 cm³/mol. The van der Waals surface area contributed by atoms with Crippen LogP contribution < -0.4 is 26.2 Å². The number of para-hydroxylation sites is 5. The smallest absolute Gasteiger partial charge is 0.252 e. The first-order chi connectivity index (χ1) is 35.7. The molecule has 0 radical (unpaired) electrons. The van der Waals surface area contributed by atoms with Crippen molar-refractivity contribution in [2.75, 3.05) is 9.80 Å². The molecule has 2 aliphatic heterocycles. The molecule has 3 heterocycles. The fourth-order valence-electron chi connectivity index (χ4n) is 11.6. The summed E-state index contributed by atoms with van der Waals surface area (Å²) >= 11 is 0. The molecule has 11 aromatic carbocycles. The van der Waals surface area contributed by atoms with Crippen molar-refractivity contribution in [1.29, 1.82) is 5.26 Å². The van der Waals surface area contributed by atoms with E-state index in [1.165, 1.54) is 5.46 Å². The van der Waals surface area contributed by atoms with Gasteiger partial charge in [0.05, 0.1) is 23.0 Å². The molecular formula is C67H42BN3O. The number of hydrogen-bond donors (Lipinski definition) is 0. The number of benzene rings is 11. The second-order valence-electron chi connectivity index (χ2n) is 18.6. The van der Waals surface area contributed by atoms with E-state index in [1.807, 2.05) is 6.07 Å². The summed E-state index contributed by atoms with van der Waals surface area (Å²) < 4.78 is 6.73. The zero-order valence-electron chi connectivity index (χ0n) is 39.1. The van der Waals surface area contributed by atoms with Crippen LogP contribution in [0.4, 0.5) is 34.1 Å². The third-order valence-electron chi connectivity index (χ3n) is 14.7. The lowest BCUT2D eigenvalue weighted by Crippen LogP contribution is -2.61. The van der Waals surface area contributed by atoms with Crippen molar-refractivity contribution in [2.24, 2.45) is 0 Å². The van der Waals surface area contributed by atoms with Gasteiger partial charge in [-0.1, -0.05) is 224 Å². The average Bonchev–Trinajstić information content (AvgIpc) is 3.85. The van der Waals surface area contributed by atoms with Crippen LogP contribution in [0, 0.1) is 11.3 Å². The maximum atomic E-state index is 11.3. The summed E-state index contributed by atoms with van der Waals surface area (Å²) in [5.74, 6) is 0. The lowest BCUT2D eigenvalue weighted by Gasteiger charge is -2.45. The van der Waals surface area contributed by atoms with E-state index in [0.29, 0.717) is 5.56 Å². The van der Waals surface area contributed by atoms with Crippen LogP contribution in [0.3, 0.4) is 0 Å². The van der Waals surface area contributed by atoms with Gasteiger partial charge in [-0.2, -0.15) is 5.26 Å². The van der Waals surface area contributed by atoms with Crippen LogP contribution >= 0.6 is 0 Å². The zero-order valence-corrected chi connectivity index (χ0v) is 39.1. The summed E-state index contributed by atoms with van der Waals surface area (Å²) in [4.78, 5) is 4.93. The van der Waals surface area contributed by atoms with Crippen molar-refractivity contribution in [3.05, 3.63) is 260 Å². The van der Waals surface area contributed by atoms with Gasteiger partial charge < -0.3 is 14.2 Å². The van der Waals surface area contributed by atoms with Crippen LogP contribution in [0.25, 0.3) is 77.6 Å². The van der Waals surface area contributed by atoms with Gasteiger partial charge in [0.15, 0.2) is 0 Å². The van der Waals surface area contributed by atoms with E-state index >= 15 is 0 Å². The van der Waals surface area contributed by atoms with E-state index in [0.717, 1.165) is 123 Å². The van der Waals surface area contributed by atoms with Crippen LogP contribution in [-0.4, -0.2) is 6.71 Å². The highest BCUT2D eigenvalue weighted by molar-refractivity contribution is 7.00. The Morgan fingerprint density at radius 1 is 0.347 bits per heavy atom. The van der Waals surface area contributed by atoms with Crippen molar-refractivity contribution in [3.8, 4) is 61.7 Å². The van der Waals surface area contributed by atoms with E-state index in [2.05, 4.69) is 265 Å². The third kappa shape index (κ3) is 6.47. The quantitative estimate of drug-likeness (QED) is 0.149. The second kappa shape index (κ2) is 16.8. The first-order valence-electron chi connectivity index (χ1n) is 24.5. The largest absolute Gasteiger partial charge is 0.455 e. The molecule has 0 aliphatic carbocycles. The molecule has 12 aromatic rings. The number of fused-ring (bicyclic) bond motifs is 7. The van der Waals surface area contributed by atoms with Gasteiger partial charge in [-0.3, -0.25) is 0 Å². The summed E-state index contributed by atoms with van der Waals surface area (Å²) in [6.45, 7) is -0.218. The van der Waals surface area contributed by atoms with Crippen LogP contribution in [0.2, 0.25) is 0 Å². The molecule has 0 unspecified atom stereocenters. The fourth-order valence-corrected chi connectivity index (χ4v) is 11.6. The van der Waals surface area contributed by atoms with E-state index in [9.17, 15) is 5.26 Å². The van der Waals surface area contributed by atoms with Crippen LogP contribution in [0.15, 0.2) is 259 Å². The van der Waals surface area contributed by atoms with E-state index in [4.69, 9.17) is 4.42 Å². The van der Waals surface area contributed by atoms with Crippen LogP contribution in [-0.2, 0) is 0 Å². The molecule has 0 N–H and O–H groups in total. The van der Waals surface area contributed by atoms with Crippen molar-refractivity contribution >= 4 is 79.2 Å². The Bertz CT molecular complexity index is 3990. The molecule has 0 saturated carbocycles. The number of nitriles is 1. The molecule has 0 spiro atoms. The Kier molecular flexibility index (Phi) is 9.65. The Morgan fingerprint density at radius 3 is 1.33 bits per heavy atom. The molecular weight excluding hydrogens is 874 g/mol. The van der Waals surface area contributed by atoms with Crippen LogP contribution in [0.1, 0.15) is 5.56 Å². The summed E-state index contributed by atoms with van der Waals surface area (Å²) in [7, 11) is 0. The molecule has 0 atom stereocenters. The molecule has 14 rings (SSSR count). The number of furan rings is 1. The molecule has 0 amide bonds. The Hall–Kier alpha value is -9.63. The first-order valence-corrected chi connectivity index (χ1v) is 24.5. The highest BCUT2D eigenvalue weighted by Gasteiger charge is 2.45. The third-order valence-corrected chi connectivity index (χ3v) is 14.7. The Balaban J connectivity index is 1.12. The summed E-state index contributed by atoms with van der Waals surface area (Å²) in [5.41, 5.74) is 22.8. The molecule has 4 nitrogen and oxygen atoms in total. The standard InChI is InChI=1S/C67H42BN3O/c69-43-44-40-61-64-62(41-44)71(66-52(47-24-9-3-10-25-47)31-18-32-53(66)48-26-11-4-12-27-48)60-39-38-49(54-33-19-34-56-55-28-13-16-37-63(55)72-67(54)56)42-58(60)68(64)57-35-14-15-36-59(57)70(61)65-50(45-20-5-1-6-21-45)29-17-30-51(65)46-22-7-2-8-23-46/h1-42H. The van der Waals surface area contributed by atoms with Crippen LogP contribution in [0.5, 0.6) is 0 Å². The lowest BCUT2D eigenvalue weighted by atomic mass is 9.33. The van der Waals surface area contributed by atoms with Crippen molar-refractivity contribution < 1.29 is 4.42 Å². The SMILES string of the molecule is N#Cc1cc2c3c(c1)N(c1c(-c4ccccc4)cccc1-c1ccccc1)c1ccc(-c4cccc5c4oc4ccccc45)cc1B3c1ccccc1N2c1c(-c2ccccc2)cccc1-c1ccccc1. The second-order valence-corrected chi connectivity index (χ2v) is 18.6. The highest BCUT2D eigenvalue weighted by Crippen LogP contribution is 2.53. The minimum Gasteiger partial charge on any atom is -0.455 e. The van der Waals surface area contributed by atoms with Gasteiger partial charge in [0.2, 0.25) is 0 Å². The van der Waals surface area contributed by atoms with Gasteiger partial charge in [-0.15, -0.1) is 0 Å². The maximum absolute atomic E-state index is 11.3. The number of rotatable bonds is 7. The molecule has 2 aliphatic rings. The number of nitrogens with zero attached hydrogens (tertiary/aromatic N) is 3. The monoisotopic (exact) mass is 915 g/mol. The predicted octanol–water partition coefficient (Wildman–Crippen LogP) is 15.9. The van der Waals surface area contributed by atoms with Gasteiger partial charge in [0.1, 0.15) is 11.2 Å². The Morgan fingerprint density at radius 2 is 0.792 bits per heavy atom. The fraction of sp³-hybridized carbons (Fsp3) is 0. The zero-order chi connectivity index (χ0) is 47.7. The molecule has 0 bridgehead atoms. The van der Waals surface area contributed by atoms with E-state index in [1.54, 1.807) is 0 Å². The minimum absolute atomic E-state index is 0.218. The molecule has 5 heteroatoms. The molecule has 72 heavy (non-hydrogen) atoms. The first kappa shape index (κ1) is 41.4. The molecule has 0 fully saturated rings. The van der Waals surface area contributed by atoms with Crippen molar-refractivity contribution in [1.82, 2.24) is 0 Å². The normalized spacial score (nSPS) is 12.3.